The van der Waals surface area contributed by atoms with Crippen molar-refractivity contribution in [3.8, 4) is 0 Å². The normalized spacial score (nSPS) is 16.8. The minimum Gasteiger partial charge on any atom is -0.341 e. The Morgan fingerprint density at radius 1 is 1.11 bits per heavy atom. The Hall–Kier alpha value is -1.98. The smallest absolute Gasteiger partial charge is 0.275 e. The fourth-order valence-corrected chi connectivity index (χ4v) is 2.29. The minimum absolute atomic E-state index is 0.241. The van der Waals surface area contributed by atoms with Crippen molar-refractivity contribution in [2.45, 2.75) is 25.7 Å². The van der Waals surface area contributed by atoms with Crippen LogP contribution in [-0.4, -0.2) is 33.3 Å². The number of nitrogens with zero attached hydrogens (tertiary/aromatic N) is 4. The molecule has 3 rings (SSSR count). The highest BCUT2D eigenvalue weighted by atomic mass is 16.1. The molecule has 0 spiro atoms. The molecule has 1 N–H and O–H groups in total. The maximum atomic E-state index is 11.5. The molecule has 0 unspecified atom stereocenters. The lowest BCUT2D eigenvalue weighted by atomic mass is 10.2. The Labute approximate surface area is 104 Å². The van der Waals surface area contributed by atoms with Gasteiger partial charge in [-0.15, -0.1) is 0 Å². The van der Waals surface area contributed by atoms with Gasteiger partial charge >= 0.3 is 0 Å². The van der Waals surface area contributed by atoms with Gasteiger partial charge in [0.15, 0.2) is 0 Å². The Morgan fingerprint density at radius 3 is 2.67 bits per heavy atom. The second-order valence-corrected chi connectivity index (χ2v) is 4.57. The van der Waals surface area contributed by atoms with Crippen molar-refractivity contribution in [1.82, 2.24) is 20.2 Å². The van der Waals surface area contributed by atoms with Gasteiger partial charge < -0.3 is 4.90 Å². The molecule has 2 aromatic rings. The number of hydrogen-bond donors (Lipinski definition) is 1. The lowest BCUT2D eigenvalue weighted by molar-refractivity contribution is 0.726. The van der Waals surface area contributed by atoms with E-state index in [0.717, 1.165) is 13.1 Å². The lowest BCUT2D eigenvalue weighted by Gasteiger charge is -2.19. The number of nitrogens with one attached hydrogen (secondary N) is 1. The SMILES string of the molecule is O=c1[nH]ncc2nc(N3CCCCCC3)ncc12. The van der Waals surface area contributed by atoms with Gasteiger partial charge in [-0.1, -0.05) is 12.8 Å². The molecule has 2 aromatic heterocycles. The zero-order chi connectivity index (χ0) is 12.4. The molecule has 0 amide bonds. The molecule has 94 valence electrons. The fourth-order valence-electron chi connectivity index (χ4n) is 2.29. The van der Waals surface area contributed by atoms with E-state index >= 15 is 0 Å². The van der Waals surface area contributed by atoms with E-state index in [1.807, 2.05) is 0 Å². The molecule has 0 bridgehead atoms. The number of anilines is 1. The summed E-state index contributed by atoms with van der Waals surface area (Å²) in [5.41, 5.74) is 0.364. The molecule has 0 aliphatic carbocycles. The molecule has 1 aliphatic heterocycles. The maximum absolute atomic E-state index is 11.5. The van der Waals surface area contributed by atoms with Crippen LogP contribution < -0.4 is 10.5 Å². The third-order valence-electron chi connectivity index (χ3n) is 3.29. The summed E-state index contributed by atoms with van der Waals surface area (Å²) in [7, 11) is 0. The van der Waals surface area contributed by atoms with Crippen molar-refractivity contribution in [2.75, 3.05) is 18.0 Å². The monoisotopic (exact) mass is 245 g/mol. The highest BCUT2D eigenvalue weighted by Gasteiger charge is 2.13. The van der Waals surface area contributed by atoms with Gasteiger partial charge in [0.2, 0.25) is 5.95 Å². The van der Waals surface area contributed by atoms with E-state index in [1.165, 1.54) is 25.7 Å². The number of hydrogen-bond acceptors (Lipinski definition) is 5. The van der Waals surface area contributed by atoms with Gasteiger partial charge in [-0.05, 0) is 12.8 Å². The Balaban J connectivity index is 1.99. The number of aromatic nitrogens is 4. The van der Waals surface area contributed by atoms with E-state index < -0.39 is 0 Å². The number of H-pyrrole nitrogens is 1. The van der Waals surface area contributed by atoms with E-state index in [0.29, 0.717) is 16.9 Å². The van der Waals surface area contributed by atoms with Gasteiger partial charge in [0.25, 0.3) is 5.56 Å². The van der Waals surface area contributed by atoms with Crippen molar-refractivity contribution < 1.29 is 0 Å². The molecule has 0 radical (unpaired) electrons. The summed E-state index contributed by atoms with van der Waals surface area (Å²) in [6.45, 7) is 1.98. The van der Waals surface area contributed by atoms with Crippen LogP contribution in [-0.2, 0) is 0 Å². The summed E-state index contributed by atoms with van der Waals surface area (Å²) in [6.07, 6.45) is 8.05. The Bertz CT molecular complexity index is 601. The predicted octanol–water partition coefficient (Wildman–Crippen LogP) is 1.09. The molecule has 6 heteroatoms. The third-order valence-corrected chi connectivity index (χ3v) is 3.29. The number of aromatic amines is 1. The second kappa shape index (κ2) is 4.72. The summed E-state index contributed by atoms with van der Waals surface area (Å²) in [5.74, 6) is 0.705. The van der Waals surface area contributed by atoms with Gasteiger partial charge in [-0.25, -0.2) is 15.1 Å². The fraction of sp³-hybridized carbons (Fsp3) is 0.500. The van der Waals surface area contributed by atoms with E-state index in [9.17, 15) is 4.79 Å². The van der Waals surface area contributed by atoms with Gasteiger partial charge in [0.05, 0.1) is 11.6 Å². The molecule has 1 saturated heterocycles. The van der Waals surface area contributed by atoms with Crippen LogP contribution in [0.15, 0.2) is 17.2 Å². The molecule has 18 heavy (non-hydrogen) atoms. The van der Waals surface area contributed by atoms with Crippen LogP contribution in [0.5, 0.6) is 0 Å². The molecular formula is C12H15N5O. The van der Waals surface area contributed by atoms with E-state index in [4.69, 9.17) is 0 Å². The quantitative estimate of drug-likeness (QED) is 0.814. The summed E-state index contributed by atoms with van der Waals surface area (Å²) >= 11 is 0. The van der Waals surface area contributed by atoms with Crippen LogP contribution in [0.3, 0.4) is 0 Å². The molecule has 3 heterocycles. The minimum atomic E-state index is -0.241. The van der Waals surface area contributed by atoms with Crippen molar-refractivity contribution in [3.63, 3.8) is 0 Å². The van der Waals surface area contributed by atoms with Crippen LogP contribution in [0.1, 0.15) is 25.7 Å². The number of rotatable bonds is 1. The predicted molar refractivity (Wildman–Crippen MR) is 68.6 cm³/mol. The summed E-state index contributed by atoms with van der Waals surface area (Å²) in [5, 5.41) is 6.64. The van der Waals surface area contributed by atoms with E-state index in [1.54, 1.807) is 12.4 Å². The highest BCUT2D eigenvalue weighted by Crippen LogP contribution is 2.16. The summed E-state index contributed by atoms with van der Waals surface area (Å²) < 4.78 is 0. The first-order chi connectivity index (χ1) is 8.84. The highest BCUT2D eigenvalue weighted by molar-refractivity contribution is 5.76. The molecule has 6 nitrogen and oxygen atoms in total. The number of fused-ring (bicyclic) bond motifs is 1. The van der Waals surface area contributed by atoms with Crippen LogP contribution >= 0.6 is 0 Å². The average Bonchev–Trinajstić information content (AvgIpc) is 2.67. The topological polar surface area (TPSA) is 74.8 Å². The van der Waals surface area contributed by atoms with Crippen LogP contribution in [0.25, 0.3) is 10.9 Å². The van der Waals surface area contributed by atoms with E-state index in [2.05, 4.69) is 25.1 Å². The lowest BCUT2D eigenvalue weighted by Crippen LogP contribution is -2.26. The van der Waals surface area contributed by atoms with Crippen molar-refractivity contribution in [2.24, 2.45) is 0 Å². The molecule has 1 aliphatic rings. The van der Waals surface area contributed by atoms with Gasteiger partial charge in [-0.2, -0.15) is 5.10 Å². The van der Waals surface area contributed by atoms with Crippen LogP contribution in [0, 0.1) is 0 Å². The standard InChI is InChI=1S/C12H15N5O/c18-11-9-7-13-12(15-10(9)8-14-16-11)17-5-3-1-2-4-6-17/h7-8H,1-6H2,(H,16,18). The first-order valence-electron chi connectivity index (χ1n) is 6.30. The van der Waals surface area contributed by atoms with Crippen molar-refractivity contribution in [1.29, 1.82) is 0 Å². The first-order valence-corrected chi connectivity index (χ1v) is 6.30. The van der Waals surface area contributed by atoms with E-state index in [-0.39, 0.29) is 5.56 Å². The first kappa shape index (κ1) is 11.1. The zero-order valence-electron chi connectivity index (χ0n) is 10.1. The van der Waals surface area contributed by atoms with Crippen LogP contribution in [0.4, 0.5) is 5.95 Å². The van der Waals surface area contributed by atoms with Gasteiger partial charge in [-0.3, -0.25) is 4.79 Å². The third kappa shape index (κ3) is 2.05. The zero-order valence-corrected chi connectivity index (χ0v) is 10.1. The molecule has 1 fully saturated rings. The van der Waals surface area contributed by atoms with Gasteiger partial charge in [0.1, 0.15) is 5.52 Å². The second-order valence-electron chi connectivity index (χ2n) is 4.57. The van der Waals surface area contributed by atoms with Crippen LogP contribution in [0.2, 0.25) is 0 Å². The maximum Gasteiger partial charge on any atom is 0.275 e. The summed E-state index contributed by atoms with van der Waals surface area (Å²) in [4.78, 5) is 22.4. The molecular weight excluding hydrogens is 230 g/mol. The molecule has 0 aromatic carbocycles. The van der Waals surface area contributed by atoms with Gasteiger partial charge in [0, 0.05) is 19.3 Å². The van der Waals surface area contributed by atoms with Crippen molar-refractivity contribution >= 4 is 16.9 Å². The largest absolute Gasteiger partial charge is 0.341 e. The Kier molecular flexibility index (Phi) is 2.92. The molecule has 0 atom stereocenters. The van der Waals surface area contributed by atoms with Crippen molar-refractivity contribution in [3.05, 3.63) is 22.7 Å². The molecule has 0 saturated carbocycles. The average molecular weight is 245 g/mol. The summed E-state index contributed by atoms with van der Waals surface area (Å²) in [6, 6.07) is 0. The Morgan fingerprint density at radius 2 is 1.89 bits per heavy atom.